The third kappa shape index (κ3) is 4.21. The molecule has 5 heteroatoms. The Balaban J connectivity index is 1.93. The fourth-order valence-electron chi connectivity index (χ4n) is 2.23. The van der Waals surface area contributed by atoms with Crippen LogP contribution in [-0.2, 0) is 4.74 Å². The van der Waals surface area contributed by atoms with Crippen LogP contribution < -0.4 is 11.1 Å². The average molecular weight is 307 g/mol. The van der Waals surface area contributed by atoms with Gasteiger partial charge in [-0.05, 0) is 38.0 Å². The zero-order valence-electron chi connectivity index (χ0n) is 12.0. The van der Waals surface area contributed by atoms with Gasteiger partial charge in [-0.25, -0.2) is 0 Å². The maximum Gasteiger partial charge on any atom is 0.251 e. The van der Waals surface area contributed by atoms with Crippen LogP contribution in [-0.4, -0.2) is 31.2 Å². The van der Waals surface area contributed by atoms with Gasteiger partial charge in [0.25, 0.3) is 5.91 Å². The predicted molar refractivity (Wildman–Crippen MR) is 83.3 cm³/mol. The molecule has 1 aliphatic rings. The maximum atomic E-state index is 12.1. The first-order chi connectivity index (χ1) is 10.1. The van der Waals surface area contributed by atoms with Crippen LogP contribution in [0.2, 0.25) is 5.02 Å². The minimum absolute atomic E-state index is 0.116. The van der Waals surface area contributed by atoms with E-state index in [1.807, 2.05) is 6.92 Å². The quantitative estimate of drug-likeness (QED) is 0.836. The van der Waals surface area contributed by atoms with E-state index < -0.39 is 0 Å². The minimum Gasteiger partial charge on any atom is -0.378 e. The third-order valence-electron chi connectivity index (χ3n) is 3.39. The summed E-state index contributed by atoms with van der Waals surface area (Å²) >= 11 is 6.11. The summed E-state index contributed by atoms with van der Waals surface area (Å²) in [5, 5.41) is 3.44. The van der Waals surface area contributed by atoms with E-state index in [1.165, 1.54) is 0 Å². The molecule has 1 amide bonds. The normalized spacial score (nSPS) is 20.1. The standard InChI is InChI=1S/C16H19ClN2O2/c1-2-21-14-9-13(10-14)19-16(20)12-6-5-11(4-3-7-18)15(17)8-12/h5-6,8,13-14H,2,7,9-10,18H2,1H3,(H,19,20). The van der Waals surface area contributed by atoms with Gasteiger partial charge in [0.05, 0.1) is 17.7 Å². The fourth-order valence-corrected chi connectivity index (χ4v) is 2.46. The van der Waals surface area contributed by atoms with Crippen molar-refractivity contribution < 1.29 is 9.53 Å². The largest absolute Gasteiger partial charge is 0.378 e. The van der Waals surface area contributed by atoms with Crippen molar-refractivity contribution in [1.29, 1.82) is 0 Å². The van der Waals surface area contributed by atoms with Gasteiger partial charge in [0.15, 0.2) is 0 Å². The molecule has 112 valence electrons. The van der Waals surface area contributed by atoms with Crippen LogP contribution in [0.4, 0.5) is 0 Å². The van der Waals surface area contributed by atoms with E-state index >= 15 is 0 Å². The smallest absolute Gasteiger partial charge is 0.251 e. The number of ether oxygens (including phenoxy) is 1. The second-order valence-electron chi connectivity index (χ2n) is 4.92. The molecule has 2 rings (SSSR count). The van der Waals surface area contributed by atoms with Crippen molar-refractivity contribution in [2.75, 3.05) is 13.2 Å². The number of nitrogens with two attached hydrogens (primary N) is 1. The number of carbonyl (C=O) groups excluding carboxylic acids is 1. The van der Waals surface area contributed by atoms with Crippen LogP contribution in [0.5, 0.6) is 0 Å². The Hall–Kier alpha value is -1.54. The van der Waals surface area contributed by atoms with E-state index in [4.69, 9.17) is 22.1 Å². The lowest BCUT2D eigenvalue weighted by molar-refractivity contribution is -0.00862. The van der Waals surface area contributed by atoms with Crippen molar-refractivity contribution in [2.45, 2.75) is 31.9 Å². The number of rotatable bonds is 4. The highest BCUT2D eigenvalue weighted by atomic mass is 35.5. The molecule has 0 spiro atoms. The van der Waals surface area contributed by atoms with Gasteiger partial charge in [0.2, 0.25) is 0 Å². The summed E-state index contributed by atoms with van der Waals surface area (Å²) in [5.41, 5.74) is 6.54. The first-order valence-electron chi connectivity index (χ1n) is 7.05. The molecule has 0 bridgehead atoms. The van der Waals surface area contributed by atoms with Gasteiger partial charge in [0.1, 0.15) is 0 Å². The highest BCUT2D eigenvalue weighted by molar-refractivity contribution is 6.32. The highest BCUT2D eigenvalue weighted by Crippen LogP contribution is 2.24. The number of hydrogen-bond acceptors (Lipinski definition) is 3. The first kappa shape index (κ1) is 15.8. The van der Waals surface area contributed by atoms with Crippen molar-refractivity contribution in [1.82, 2.24) is 5.32 Å². The molecule has 0 heterocycles. The molecule has 1 aliphatic carbocycles. The Morgan fingerprint density at radius 2 is 2.29 bits per heavy atom. The summed E-state index contributed by atoms with van der Waals surface area (Å²) in [7, 11) is 0. The number of carbonyl (C=O) groups is 1. The molecule has 0 aromatic heterocycles. The topological polar surface area (TPSA) is 64.3 Å². The van der Waals surface area contributed by atoms with E-state index in [-0.39, 0.29) is 24.6 Å². The fraction of sp³-hybridized carbons (Fsp3) is 0.438. The van der Waals surface area contributed by atoms with Crippen molar-refractivity contribution in [2.24, 2.45) is 5.73 Å². The third-order valence-corrected chi connectivity index (χ3v) is 3.70. The van der Waals surface area contributed by atoms with E-state index in [0.29, 0.717) is 22.8 Å². The molecule has 0 radical (unpaired) electrons. The monoisotopic (exact) mass is 306 g/mol. The molecule has 3 N–H and O–H groups in total. The summed E-state index contributed by atoms with van der Waals surface area (Å²) < 4.78 is 5.47. The Morgan fingerprint density at radius 3 is 2.90 bits per heavy atom. The van der Waals surface area contributed by atoms with Crippen LogP contribution in [0.1, 0.15) is 35.7 Å². The molecule has 0 atom stereocenters. The SMILES string of the molecule is CCOC1CC(NC(=O)c2ccc(C#CCN)c(Cl)c2)C1. The number of hydrogen-bond donors (Lipinski definition) is 2. The molecular weight excluding hydrogens is 288 g/mol. The predicted octanol–water partition coefficient (Wildman–Crippen LogP) is 1.95. The van der Waals surface area contributed by atoms with Crippen LogP contribution in [0.15, 0.2) is 18.2 Å². The van der Waals surface area contributed by atoms with E-state index in [9.17, 15) is 4.79 Å². The Labute approximate surface area is 130 Å². The van der Waals surface area contributed by atoms with Gasteiger partial charge >= 0.3 is 0 Å². The molecule has 1 aromatic rings. The summed E-state index contributed by atoms with van der Waals surface area (Å²) in [6.07, 6.45) is 2.01. The van der Waals surface area contributed by atoms with Crippen LogP contribution >= 0.6 is 11.6 Å². The molecule has 0 unspecified atom stereocenters. The van der Waals surface area contributed by atoms with E-state index in [2.05, 4.69) is 17.2 Å². The zero-order valence-corrected chi connectivity index (χ0v) is 12.7. The van der Waals surface area contributed by atoms with Gasteiger partial charge in [-0.1, -0.05) is 23.4 Å². The lowest BCUT2D eigenvalue weighted by atomic mass is 9.89. The molecule has 0 saturated heterocycles. The van der Waals surface area contributed by atoms with Crippen molar-refractivity contribution in [3.05, 3.63) is 34.3 Å². The lowest BCUT2D eigenvalue weighted by Gasteiger charge is -2.35. The number of amides is 1. The minimum atomic E-state index is -0.116. The Bertz CT molecular complexity index is 571. The molecule has 4 nitrogen and oxygen atoms in total. The molecule has 1 aromatic carbocycles. The van der Waals surface area contributed by atoms with E-state index in [0.717, 1.165) is 12.8 Å². The van der Waals surface area contributed by atoms with Crippen molar-refractivity contribution in [3.8, 4) is 11.8 Å². The Kier molecular flexibility index (Phi) is 5.63. The van der Waals surface area contributed by atoms with Crippen LogP contribution in [0, 0.1) is 11.8 Å². The van der Waals surface area contributed by atoms with Gasteiger partial charge in [-0.15, -0.1) is 0 Å². The number of benzene rings is 1. The lowest BCUT2D eigenvalue weighted by Crippen LogP contribution is -2.47. The molecular formula is C16H19ClN2O2. The summed E-state index contributed by atoms with van der Waals surface area (Å²) in [6.45, 7) is 2.97. The van der Waals surface area contributed by atoms with Gasteiger partial charge in [0, 0.05) is 23.8 Å². The maximum absolute atomic E-state index is 12.1. The highest BCUT2D eigenvalue weighted by Gasteiger charge is 2.30. The summed E-state index contributed by atoms with van der Waals surface area (Å²) in [5.74, 6) is 5.49. The van der Waals surface area contributed by atoms with Gasteiger partial charge < -0.3 is 15.8 Å². The van der Waals surface area contributed by atoms with Crippen LogP contribution in [0.25, 0.3) is 0 Å². The molecule has 0 aliphatic heterocycles. The van der Waals surface area contributed by atoms with Gasteiger partial charge in [-0.3, -0.25) is 4.79 Å². The van der Waals surface area contributed by atoms with Crippen molar-refractivity contribution >= 4 is 17.5 Å². The van der Waals surface area contributed by atoms with Crippen molar-refractivity contribution in [3.63, 3.8) is 0 Å². The Morgan fingerprint density at radius 1 is 1.52 bits per heavy atom. The number of nitrogens with one attached hydrogen (secondary N) is 1. The average Bonchev–Trinajstić information content (AvgIpc) is 2.43. The summed E-state index contributed by atoms with van der Waals surface area (Å²) in [6, 6.07) is 5.28. The molecule has 21 heavy (non-hydrogen) atoms. The van der Waals surface area contributed by atoms with E-state index in [1.54, 1.807) is 18.2 Å². The second-order valence-corrected chi connectivity index (χ2v) is 5.33. The molecule has 1 saturated carbocycles. The first-order valence-corrected chi connectivity index (χ1v) is 7.42. The van der Waals surface area contributed by atoms with Crippen LogP contribution in [0.3, 0.4) is 0 Å². The number of halogens is 1. The molecule has 1 fully saturated rings. The zero-order chi connectivity index (χ0) is 15.2. The summed E-state index contributed by atoms with van der Waals surface area (Å²) in [4.78, 5) is 12.1. The van der Waals surface area contributed by atoms with Gasteiger partial charge in [-0.2, -0.15) is 0 Å². The second kappa shape index (κ2) is 7.46.